The Hall–Kier alpha value is -1.49. The zero-order valence-corrected chi connectivity index (χ0v) is 5.09. The summed E-state index contributed by atoms with van der Waals surface area (Å²) in [4.78, 5) is 10.7. The summed E-state index contributed by atoms with van der Waals surface area (Å²) in [6.07, 6.45) is 1.64. The molecule has 0 aliphatic carbocycles. The molecule has 0 unspecified atom stereocenters. The van der Waals surface area contributed by atoms with E-state index in [0.717, 1.165) is 0 Å². The summed E-state index contributed by atoms with van der Waals surface area (Å²) in [7, 11) is 0. The Labute approximate surface area is 56.6 Å². The zero-order valence-electron chi connectivity index (χ0n) is 5.09. The average Bonchev–Trinajstić information content (AvgIpc) is 2.33. The maximum Gasteiger partial charge on any atom is 0.183 e. The minimum Gasteiger partial charge on any atom is -0.290 e. The number of nitrogens with zero attached hydrogens (tertiary/aromatic N) is 1. The van der Waals surface area contributed by atoms with Gasteiger partial charge in [0.05, 0.1) is 0 Å². The minimum atomic E-state index is -0.00995. The van der Waals surface area contributed by atoms with E-state index in [0.29, 0.717) is 5.82 Å². The van der Waals surface area contributed by atoms with Gasteiger partial charge in [-0.2, -0.15) is 0 Å². The Morgan fingerprint density at radius 2 is 2.40 bits per heavy atom. The van der Waals surface area contributed by atoms with Crippen LogP contribution in [0.4, 0.5) is 5.82 Å². The Balaban J connectivity index is 2.63. The lowest BCUT2D eigenvalue weighted by atomic mass is 10.4. The smallest absolute Gasteiger partial charge is 0.183 e. The van der Waals surface area contributed by atoms with Gasteiger partial charge in [0.15, 0.2) is 5.43 Å². The molecule has 52 valence electrons. The normalized spacial score (nSPS) is 13.6. The first-order valence-electron chi connectivity index (χ1n) is 2.86. The summed E-state index contributed by atoms with van der Waals surface area (Å²) < 4.78 is 1.67. The molecule has 0 bridgehead atoms. The maximum absolute atomic E-state index is 10.7. The largest absolute Gasteiger partial charge is 0.290 e. The highest BCUT2D eigenvalue weighted by molar-refractivity contribution is 5.37. The third-order valence-electron chi connectivity index (χ3n) is 1.29. The van der Waals surface area contributed by atoms with Crippen molar-refractivity contribution >= 4 is 5.82 Å². The molecule has 10 heavy (non-hydrogen) atoms. The van der Waals surface area contributed by atoms with Gasteiger partial charge in [-0.3, -0.25) is 10.2 Å². The fourth-order valence-corrected chi connectivity index (χ4v) is 0.827. The van der Waals surface area contributed by atoms with Gasteiger partial charge in [0.2, 0.25) is 0 Å². The van der Waals surface area contributed by atoms with Crippen LogP contribution in [0.2, 0.25) is 0 Å². The Morgan fingerprint density at radius 1 is 1.50 bits per heavy atom. The second-order valence-corrected chi connectivity index (χ2v) is 1.98. The Morgan fingerprint density at radius 3 is 3.30 bits per heavy atom. The number of aromatic nitrogens is 1. The fourth-order valence-electron chi connectivity index (χ4n) is 0.827. The van der Waals surface area contributed by atoms with Crippen LogP contribution in [0, 0.1) is 0 Å². The molecule has 1 aromatic rings. The van der Waals surface area contributed by atoms with Gasteiger partial charge >= 0.3 is 0 Å². The number of hydrazine groups is 2. The maximum atomic E-state index is 10.7. The van der Waals surface area contributed by atoms with Crippen molar-refractivity contribution in [2.45, 2.75) is 0 Å². The number of anilines is 1. The van der Waals surface area contributed by atoms with Crippen LogP contribution >= 0.6 is 0 Å². The lowest BCUT2D eigenvalue weighted by molar-refractivity contribution is 0.847. The summed E-state index contributed by atoms with van der Waals surface area (Å²) >= 11 is 0. The first-order valence-corrected chi connectivity index (χ1v) is 2.86. The first kappa shape index (κ1) is 5.31. The average molecular weight is 138 g/mol. The van der Waals surface area contributed by atoms with E-state index in [4.69, 9.17) is 0 Å². The highest BCUT2D eigenvalue weighted by atomic mass is 16.1. The molecule has 0 amide bonds. The highest BCUT2D eigenvalue weighted by Gasteiger charge is 2.03. The Bertz CT molecular complexity index is 305. The van der Waals surface area contributed by atoms with Crippen LogP contribution in [0.25, 0.3) is 0 Å². The number of rotatable bonds is 0. The van der Waals surface area contributed by atoms with Crippen molar-refractivity contribution in [3.63, 3.8) is 0 Å². The van der Waals surface area contributed by atoms with Crippen LogP contribution in [-0.4, -0.2) is 4.68 Å². The van der Waals surface area contributed by atoms with E-state index in [-0.39, 0.29) is 5.43 Å². The molecule has 2 heterocycles. The highest BCUT2D eigenvalue weighted by Crippen LogP contribution is 2.01. The molecule has 5 heteroatoms. The third kappa shape index (κ3) is 0.645. The van der Waals surface area contributed by atoms with Crippen LogP contribution < -0.4 is 21.9 Å². The molecular weight excluding hydrogens is 132 g/mol. The lowest BCUT2D eigenvalue weighted by Crippen LogP contribution is -2.23. The van der Waals surface area contributed by atoms with Crippen molar-refractivity contribution in [3.05, 3.63) is 28.6 Å². The van der Waals surface area contributed by atoms with E-state index in [1.165, 1.54) is 12.1 Å². The summed E-state index contributed by atoms with van der Waals surface area (Å²) in [5.41, 5.74) is 8.12. The number of nitrogens with one attached hydrogen (secondary N) is 3. The summed E-state index contributed by atoms with van der Waals surface area (Å²) in [6.45, 7) is 0. The molecule has 0 radical (unpaired) electrons. The monoisotopic (exact) mass is 138 g/mol. The molecule has 0 aromatic carbocycles. The number of hydrogen-bond donors (Lipinski definition) is 3. The van der Waals surface area contributed by atoms with Gasteiger partial charge in [0.25, 0.3) is 0 Å². The van der Waals surface area contributed by atoms with Crippen molar-refractivity contribution in [2.24, 2.45) is 0 Å². The minimum absolute atomic E-state index is 0.00995. The van der Waals surface area contributed by atoms with Crippen molar-refractivity contribution < 1.29 is 0 Å². The molecule has 0 spiro atoms. The molecule has 2 rings (SSSR count). The molecule has 0 fully saturated rings. The van der Waals surface area contributed by atoms with E-state index >= 15 is 0 Å². The molecular formula is C5H6N4O. The van der Waals surface area contributed by atoms with Gasteiger partial charge in [0.1, 0.15) is 5.82 Å². The third-order valence-corrected chi connectivity index (χ3v) is 1.29. The molecule has 1 aliphatic heterocycles. The quantitative estimate of drug-likeness (QED) is 0.441. The zero-order chi connectivity index (χ0) is 6.97. The summed E-state index contributed by atoms with van der Waals surface area (Å²) in [6, 6.07) is 2.97. The number of pyridine rings is 1. The number of fused-ring (bicyclic) bond motifs is 1. The van der Waals surface area contributed by atoms with E-state index in [2.05, 4.69) is 16.5 Å². The molecule has 3 N–H and O–H groups in total. The van der Waals surface area contributed by atoms with Crippen LogP contribution in [-0.2, 0) is 0 Å². The van der Waals surface area contributed by atoms with E-state index in [1.807, 2.05) is 0 Å². The molecule has 0 saturated heterocycles. The predicted octanol–water partition coefficient (Wildman–Crippen LogP) is -0.763. The van der Waals surface area contributed by atoms with Crippen molar-refractivity contribution in [3.8, 4) is 0 Å². The SMILES string of the molecule is O=c1ccn2c(c1)NNN2. The van der Waals surface area contributed by atoms with Crippen molar-refractivity contribution in [1.82, 2.24) is 10.2 Å². The van der Waals surface area contributed by atoms with Gasteiger partial charge in [0, 0.05) is 18.3 Å². The molecule has 1 aliphatic rings. The topological polar surface area (TPSA) is 58.1 Å². The summed E-state index contributed by atoms with van der Waals surface area (Å²) in [5.74, 6) is 0.715. The van der Waals surface area contributed by atoms with Crippen LogP contribution in [0.5, 0.6) is 0 Å². The second-order valence-electron chi connectivity index (χ2n) is 1.98. The Kier molecular flexibility index (Phi) is 0.925. The van der Waals surface area contributed by atoms with Gasteiger partial charge in [-0.1, -0.05) is 0 Å². The van der Waals surface area contributed by atoms with Crippen molar-refractivity contribution in [1.29, 1.82) is 0 Å². The standard InChI is InChI=1S/C5H6N4O/c10-4-1-2-9-5(3-4)6-7-8-9/h1-3,6-8H. The lowest BCUT2D eigenvalue weighted by Gasteiger charge is -1.96. The van der Waals surface area contributed by atoms with Crippen molar-refractivity contribution in [2.75, 3.05) is 11.0 Å². The molecule has 1 aromatic heterocycles. The van der Waals surface area contributed by atoms with E-state index in [9.17, 15) is 4.79 Å². The molecule has 5 nitrogen and oxygen atoms in total. The van der Waals surface area contributed by atoms with E-state index < -0.39 is 0 Å². The van der Waals surface area contributed by atoms with Gasteiger partial charge in [-0.05, 0) is 0 Å². The van der Waals surface area contributed by atoms with Crippen LogP contribution in [0.3, 0.4) is 0 Å². The first-order chi connectivity index (χ1) is 4.86. The predicted molar refractivity (Wildman–Crippen MR) is 36.8 cm³/mol. The fraction of sp³-hybridized carbons (Fsp3) is 0. The van der Waals surface area contributed by atoms with Gasteiger partial charge in [-0.15, -0.1) is 5.53 Å². The second kappa shape index (κ2) is 1.74. The molecule has 0 atom stereocenters. The van der Waals surface area contributed by atoms with Crippen LogP contribution in [0.1, 0.15) is 0 Å². The van der Waals surface area contributed by atoms with E-state index in [1.54, 1.807) is 10.9 Å². The van der Waals surface area contributed by atoms with Gasteiger partial charge in [-0.25, -0.2) is 10.2 Å². The van der Waals surface area contributed by atoms with Crippen LogP contribution in [0.15, 0.2) is 23.1 Å². The van der Waals surface area contributed by atoms with Gasteiger partial charge < -0.3 is 0 Å². The number of hydrogen-bond acceptors (Lipinski definition) is 4. The molecule has 0 saturated carbocycles. The summed E-state index contributed by atoms with van der Waals surface area (Å²) in [5, 5.41) is 0.